The number of halogens is 2. The van der Waals surface area contributed by atoms with Crippen molar-refractivity contribution >= 4 is 46.2 Å². The van der Waals surface area contributed by atoms with Crippen LogP contribution in [0.5, 0.6) is 11.5 Å². The summed E-state index contributed by atoms with van der Waals surface area (Å²) >= 11 is 7.98. The van der Waals surface area contributed by atoms with Crippen LogP contribution in [0.3, 0.4) is 0 Å². The van der Waals surface area contributed by atoms with Crippen LogP contribution in [0.25, 0.3) is 6.08 Å². The lowest BCUT2D eigenvalue weighted by Crippen LogP contribution is -2.12. The number of carbonyl (C=O) groups is 1. The van der Waals surface area contributed by atoms with Gasteiger partial charge in [0.25, 0.3) is 5.91 Å². The van der Waals surface area contributed by atoms with Crippen molar-refractivity contribution in [2.75, 3.05) is 7.11 Å². The number of nitriles is 1. The first kappa shape index (κ1) is 19.1. The van der Waals surface area contributed by atoms with Crippen molar-refractivity contribution in [3.05, 3.63) is 61.7 Å². The molecule has 5 nitrogen and oxygen atoms in total. The number of primary amides is 1. The minimum Gasteiger partial charge on any atom is -0.493 e. The summed E-state index contributed by atoms with van der Waals surface area (Å²) in [6.07, 6.45) is 1.41. The van der Waals surface area contributed by atoms with Crippen LogP contribution in [-0.4, -0.2) is 13.0 Å². The highest BCUT2D eigenvalue weighted by Gasteiger charge is 2.13. The van der Waals surface area contributed by atoms with E-state index in [-0.39, 0.29) is 5.57 Å². The number of ether oxygens (including phenoxy) is 2. The second-order valence-electron chi connectivity index (χ2n) is 4.98. The van der Waals surface area contributed by atoms with Gasteiger partial charge in [-0.2, -0.15) is 5.26 Å². The van der Waals surface area contributed by atoms with Crippen LogP contribution in [0.2, 0.25) is 5.02 Å². The zero-order valence-electron chi connectivity index (χ0n) is 13.3. The summed E-state index contributed by atoms with van der Waals surface area (Å²) < 4.78 is 12.0. The minimum absolute atomic E-state index is 0.132. The van der Waals surface area contributed by atoms with Crippen molar-refractivity contribution in [1.82, 2.24) is 0 Å². The number of nitrogens with zero attached hydrogens (tertiary/aromatic N) is 1. The molecule has 0 aliphatic carbocycles. The maximum atomic E-state index is 11.2. The molecule has 0 aromatic heterocycles. The third-order valence-electron chi connectivity index (χ3n) is 3.25. The highest BCUT2D eigenvalue weighted by molar-refractivity contribution is 14.1. The van der Waals surface area contributed by atoms with E-state index in [1.807, 2.05) is 12.1 Å². The number of nitrogens with two attached hydrogens (primary N) is 1. The second kappa shape index (κ2) is 8.74. The van der Waals surface area contributed by atoms with Gasteiger partial charge in [-0.05, 0) is 64.1 Å². The topological polar surface area (TPSA) is 85.3 Å². The molecular formula is C18H14ClIN2O3. The highest BCUT2D eigenvalue weighted by Crippen LogP contribution is 2.35. The van der Waals surface area contributed by atoms with Crippen LogP contribution in [-0.2, 0) is 11.4 Å². The molecule has 128 valence electrons. The van der Waals surface area contributed by atoms with E-state index in [0.29, 0.717) is 28.7 Å². The van der Waals surface area contributed by atoms with Crippen molar-refractivity contribution in [2.24, 2.45) is 5.73 Å². The van der Waals surface area contributed by atoms with Gasteiger partial charge in [-0.3, -0.25) is 4.79 Å². The fourth-order valence-electron chi connectivity index (χ4n) is 2.02. The number of methoxy groups -OCH3 is 1. The van der Waals surface area contributed by atoms with Crippen molar-refractivity contribution in [2.45, 2.75) is 6.61 Å². The summed E-state index contributed by atoms with van der Waals surface area (Å²) in [5.41, 5.74) is 6.61. The maximum Gasteiger partial charge on any atom is 0.259 e. The van der Waals surface area contributed by atoms with Gasteiger partial charge in [-0.25, -0.2) is 0 Å². The molecule has 2 rings (SSSR count). The molecular weight excluding hydrogens is 455 g/mol. The molecule has 0 saturated heterocycles. The fourth-order valence-corrected chi connectivity index (χ4v) is 2.93. The predicted molar refractivity (Wildman–Crippen MR) is 104 cm³/mol. The first-order chi connectivity index (χ1) is 11.9. The molecule has 7 heteroatoms. The zero-order valence-corrected chi connectivity index (χ0v) is 16.2. The van der Waals surface area contributed by atoms with Gasteiger partial charge in [0.15, 0.2) is 11.5 Å². The average Bonchev–Trinajstić information content (AvgIpc) is 2.59. The van der Waals surface area contributed by atoms with Gasteiger partial charge < -0.3 is 15.2 Å². The van der Waals surface area contributed by atoms with Gasteiger partial charge in [0.2, 0.25) is 0 Å². The summed E-state index contributed by atoms with van der Waals surface area (Å²) in [7, 11) is 1.52. The van der Waals surface area contributed by atoms with E-state index >= 15 is 0 Å². The standard InChI is InChI=1S/C18H14ClIN2O3/c1-24-16-8-12(6-13(9-21)18(22)23)7-15(20)17(16)25-10-11-2-4-14(19)5-3-11/h2-8H,10H2,1H3,(H2,22,23)/b13-6+. The molecule has 0 atom stereocenters. The monoisotopic (exact) mass is 468 g/mol. The molecule has 2 aromatic carbocycles. The normalized spacial score (nSPS) is 10.9. The molecule has 0 heterocycles. The Hall–Kier alpha value is -2.24. The molecule has 0 bridgehead atoms. The lowest BCUT2D eigenvalue weighted by molar-refractivity contribution is -0.114. The van der Waals surface area contributed by atoms with Gasteiger partial charge in [-0.15, -0.1) is 0 Å². The number of rotatable bonds is 6. The molecule has 1 amide bonds. The summed E-state index contributed by atoms with van der Waals surface area (Å²) in [5.74, 6) is 0.293. The third-order valence-corrected chi connectivity index (χ3v) is 4.30. The Morgan fingerprint density at radius 2 is 2.04 bits per heavy atom. The number of amides is 1. The first-order valence-electron chi connectivity index (χ1n) is 7.11. The van der Waals surface area contributed by atoms with Crippen molar-refractivity contribution in [3.63, 3.8) is 0 Å². The highest BCUT2D eigenvalue weighted by atomic mass is 127. The van der Waals surface area contributed by atoms with Crippen LogP contribution in [0.15, 0.2) is 42.0 Å². The maximum absolute atomic E-state index is 11.2. The third kappa shape index (κ3) is 5.11. The smallest absolute Gasteiger partial charge is 0.259 e. The molecule has 2 N–H and O–H groups in total. The fraction of sp³-hybridized carbons (Fsp3) is 0.111. The van der Waals surface area contributed by atoms with E-state index in [1.54, 1.807) is 30.3 Å². The van der Waals surface area contributed by atoms with Gasteiger partial charge >= 0.3 is 0 Å². The van der Waals surface area contributed by atoms with E-state index in [4.69, 9.17) is 32.1 Å². The quantitative estimate of drug-likeness (QED) is 0.395. The molecule has 0 unspecified atom stereocenters. The largest absolute Gasteiger partial charge is 0.493 e. The molecule has 0 radical (unpaired) electrons. The lowest BCUT2D eigenvalue weighted by Gasteiger charge is -2.14. The second-order valence-corrected chi connectivity index (χ2v) is 6.58. The van der Waals surface area contributed by atoms with Crippen molar-refractivity contribution in [3.8, 4) is 17.6 Å². The summed E-state index contributed by atoms with van der Waals surface area (Å²) in [6, 6.07) is 12.6. The molecule has 0 saturated carbocycles. The Labute approximate surface area is 164 Å². The van der Waals surface area contributed by atoms with E-state index in [9.17, 15) is 4.79 Å². The molecule has 0 spiro atoms. The number of hydrogen-bond donors (Lipinski definition) is 1. The average molecular weight is 469 g/mol. The van der Waals surface area contributed by atoms with Gasteiger partial charge in [0.1, 0.15) is 18.2 Å². The van der Waals surface area contributed by atoms with Crippen LogP contribution >= 0.6 is 34.2 Å². The van der Waals surface area contributed by atoms with E-state index in [0.717, 1.165) is 9.13 Å². The number of carbonyl (C=O) groups excluding carboxylic acids is 1. The molecule has 0 fully saturated rings. The van der Waals surface area contributed by atoms with Crippen molar-refractivity contribution < 1.29 is 14.3 Å². The summed E-state index contributed by atoms with van der Waals surface area (Å²) in [6.45, 7) is 0.351. The van der Waals surface area contributed by atoms with Crippen LogP contribution in [0.4, 0.5) is 0 Å². The van der Waals surface area contributed by atoms with Gasteiger partial charge in [-0.1, -0.05) is 23.7 Å². The Morgan fingerprint density at radius 3 is 2.60 bits per heavy atom. The van der Waals surface area contributed by atoms with Crippen LogP contribution in [0.1, 0.15) is 11.1 Å². The van der Waals surface area contributed by atoms with Crippen LogP contribution in [0, 0.1) is 14.9 Å². The predicted octanol–water partition coefficient (Wildman–Crippen LogP) is 3.92. The summed E-state index contributed by atoms with van der Waals surface area (Å²) in [4.78, 5) is 11.2. The SMILES string of the molecule is COc1cc(/C=C(\C#N)C(N)=O)cc(I)c1OCc1ccc(Cl)cc1. The Morgan fingerprint density at radius 1 is 1.36 bits per heavy atom. The lowest BCUT2D eigenvalue weighted by atomic mass is 10.1. The first-order valence-corrected chi connectivity index (χ1v) is 8.56. The Kier molecular flexibility index (Phi) is 6.67. The molecule has 2 aromatic rings. The molecule has 25 heavy (non-hydrogen) atoms. The molecule has 0 aliphatic heterocycles. The van der Waals surface area contributed by atoms with E-state index in [1.165, 1.54) is 13.2 Å². The zero-order chi connectivity index (χ0) is 18.4. The number of benzene rings is 2. The number of hydrogen-bond acceptors (Lipinski definition) is 4. The Balaban J connectivity index is 2.29. The van der Waals surface area contributed by atoms with Gasteiger partial charge in [0.05, 0.1) is 10.7 Å². The Bertz CT molecular complexity index is 858. The minimum atomic E-state index is -0.778. The van der Waals surface area contributed by atoms with Crippen LogP contribution < -0.4 is 15.2 Å². The van der Waals surface area contributed by atoms with Gasteiger partial charge in [0, 0.05) is 5.02 Å². The van der Waals surface area contributed by atoms with E-state index in [2.05, 4.69) is 22.6 Å². The van der Waals surface area contributed by atoms with E-state index < -0.39 is 5.91 Å². The molecule has 0 aliphatic rings. The summed E-state index contributed by atoms with van der Waals surface area (Å²) in [5, 5.41) is 9.61. The van der Waals surface area contributed by atoms with Crippen molar-refractivity contribution in [1.29, 1.82) is 5.26 Å².